The van der Waals surface area contributed by atoms with Gasteiger partial charge in [-0.1, -0.05) is 12.1 Å². The highest BCUT2D eigenvalue weighted by atomic mass is 32.2. The summed E-state index contributed by atoms with van der Waals surface area (Å²) in [7, 11) is -3.65. The van der Waals surface area contributed by atoms with Crippen LogP contribution in [0.4, 0.5) is 5.69 Å². The van der Waals surface area contributed by atoms with Crippen molar-refractivity contribution in [2.45, 2.75) is 25.0 Å². The van der Waals surface area contributed by atoms with Crippen molar-refractivity contribution in [3.63, 3.8) is 0 Å². The van der Waals surface area contributed by atoms with Crippen molar-refractivity contribution < 1.29 is 8.42 Å². The number of sulfonamides is 1. The van der Waals surface area contributed by atoms with Crippen LogP contribution in [0.2, 0.25) is 0 Å². The average Bonchev–Trinajstić information content (AvgIpc) is 2.88. The summed E-state index contributed by atoms with van der Waals surface area (Å²) >= 11 is 0. The molecule has 2 rings (SSSR count). The largest absolute Gasteiger partial charge is 0.336 e. The van der Waals surface area contributed by atoms with E-state index in [9.17, 15) is 8.42 Å². The number of aromatic nitrogens is 2. The van der Waals surface area contributed by atoms with Gasteiger partial charge in [-0.3, -0.25) is 4.72 Å². The number of anilines is 1. The van der Waals surface area contributed by atoms with E-state index in [1.165, 1.54) is 12.5 Å². The quantitative estimate of drug-likeness (QED) is 0.860. The molecule has 0 saturated heterocycles. The van der Waals surface area contributed by atoms with Gasteiger partial charge in [0, 0.05) is 25.0 Å². The molecule has 0 fully saturated rings. The van der Waals surface area contributed by atoms with E-state index in [0.717, 1.165) is 5.56 Å². The maximum Gasteiger partial charge on any atom is 0.280 e. The van der Waals surface area contributed by atoms with Crippen LogP contribution < -0.4 is 10.5 Å². The van der Waals surface area contributed by atoms with Gasteiger partial charge in [-0.05, 0) is 24.6 Å². The molecule has 0 aliphatic rings. The van der Waals surface area contributed by atoms with Crippen LogP contribution in [-0.2, 0) is 23.1 Å². The Hall–Kier alpha value is -1.86. The molecule has 6 nitrogen and oxygen atoms in total. The Bertz CT molecular complexity index is 664. The lowest BCUT2D eigenvalue weighted by molar-refractivity contribution is 0.598. The van der Waals surface area contributed by atoms with Crippen LogP contribution in [0.15, 0.2) is 41.8 Å². The Balaban J connectivity index is 2.25. The summed E-state index contributed by atoms with van der Waals surface area (Å²) in [5.74, 6) is 0. The zero-order chi connectivity index (χ0) is 13.9. The van der Waals surface area contributed by atoms with E-state index in [4.69, 9.17) is 5.73 Å². The summed E-state index contributed by atoms with van der Waals surface area (Å²) < 4.78 is 28.4. The summed E-state index contributed by atoms with van der Waals surface area (Å²) in [4.78, 5) is 3.89. The maximum absolute atomic E-state index is 12.1. The number of nitrogens with one attached hydrogen (secondary N) is 1. The fraction of sp³-hybridized carbons (Fsp3) is 0.250. The SMILES string of the molecule is CCn1cnc(S(=O)(=O)Nc2cccc(CN)c2)c1. The van der Waals surface area contributed by atoms with Gasteiger partial charge in [-0.2, -0.15) is 8.42 Å². The van der Waals surface area contributed by atoms with Crippen LogP contribution in [0.5, 0.6) is 0 Å². The van der Waals surface area contributed by atoms with Crippen LogP contribution in [0.3, 0.4) is 0 Å². The number of hydrogen-bond acceptors (Lipinski definition) is 4. The van der Waals surface area contributed by atoms with E-state index in [-0.39, 0.29) is 5.03 Å². The summed E-state index contributed by atoms with van der Waals surface area (Å²) in [5, 5.41) is 0.00695. The van der Waals surface area contributed by atoms with E-state index in [0.29, 0.717) is 18.8 Å². The Kier molecular flexibility index (Phi) is 3.87. The molecule has 3 N–H and O–H groups in total. The van der Waals surface area contributed by atoms with E-state index in [1.54, 1.807) is 22.8 Å². The van der Waals surface area contributed by atoms with Gasteiger partial charge in [-0.15, -0.1) is 0 Å². The zero-order valence-electron chi connectivity index (χ0n) is 10.6. The number of aryl methyl sites for hydroxylation is 1. The summed E-state index contributed by atoms with van der Waals surface area (Å²) in [6.07, 6.45) is 2.99. The average molecular weight is 280 g/mol. The van der Waals surface area contributed by atoms with Crippen molar-refractivity contribution in [1.29, 1.82) is 0 Å². The minimum atomic E-state index is -3.65. The molecule has 0 aliphatic carbocycles. The highest BCUT2D eigenvalue weighted by Crippen LogP contribution is 2.15. The molecule has 7 heteroatoms. The van der Waals surface area contributed by atoms with Gasteiger partial charge in [0.25, 0.3) is 10.0 Å². The standard InChI is InChI=1S/C12H16N4O2S/c1-2-16-8-12(14-9-16)19(17,18)15-11-5-3-4-10(6-11)7-13/h3-6,8-9,15H,2,7,13H2,1H3. The Morgan fingerprint density at radius 1 is 1.42 bits per heavy atom. The molecule has 2 aromatic rings. The van der Waals surface area contributed by atoms with Crippen molar-refractivity contribution >= 4 is 15.7 Å². The Morgan fingerprint density at radius 2 is 2.21 bits per heavy atom. The molecule has 0 spiro atoms. The second-order valence-electron chi connectivity index (χ2n) is 4.05. The number of nitrogens with zero attached hydrogens (tertiary/aromatic N) is 2. The molecule has 0 radical (unpaired) electrons. The molecule has 0 aliphatic heterocycles. The normalized spacial score (nSPS) is 11.5. The second kappa shape index (κ2) is 5.41. The molecule has 1 aromatic carbocycles. The van der Waals surface area contributed by atoms with Crippen LogP contribution in [-0.4, -0.2) is 18.0 Å². The fourth-order valence-corrected chi connectivity index (χ4v) is 2.62. The summed E-state index contributed by atoms with van der Waals surface area (Å²) in [6, 6.07) is 6.97. The van der Waals surface area contributed by atoms with Crippen LogP contribution in [0, 0.1) is 0 Å². The van der Waals surface area contributed by atoms with Crippen molar-refractivity contribution in [2.75, 3.05) is 4.72 Å². The van der Waals surface area contributed by atoms with Crippen molar-refractivity contribution in [3.05, 3.63) is 42.4 Å². The lowest BCUT2D eigenvalue weighted by Gasteiger charge is -2.07. The van der Waals surface area contributed by atoms with Crippen molar-refractivity contribution in [3.8, 4) is 0 Å². The number of hydrogen-bond donors (Lipinski definition) is 2. The predicted octanol–water partition coefficient (Wildman–Crippen LogP) is 1.16. The van der Waals surface area contributed by atoms with E-state index >= 15 is 0 Å². The molecule has 102 valence electrons. The van der Waals surface area contributed by atoms with Gasteiger partial charge in [0.05, 0.1) is 6.33 Å². The lowest BCUT2D eigenvalue weighted by atomic mass is 10.2. The highest BCUT2D eigenvalue weighted by Gasteiger charge is 2.17. The van der Waals surface area contributed by atoms with E-state index < -0.39 is 10.0 Å². The predicted molar refractivity (Wildman–Crippen MR) is 73.0 cm³/mol. The van der Waals surface area contributed by atoms with Gasteiger partial charge in [0.15, 0.2) is 5.03 Å². The molecule has 0 bridgehead atoms. The van der Waals surface area contributed by atoms with Crippen LogP contribution >= 0.6 is 0 Å². The maximum atomic E-state index is 12.1. The zero-order valence-corrected chi connectivity index (χ0v) is 11.4. The number of rotatable bonds is 5. The number of imidazole rings is 1. The van der Waals surface area contributed by atoms with Crippen molar-refractivity contribution in [1.82, 2.24) is 9.55 Å². The van der Waals surface area contributed by atoms with Gasteiger partial charge in [0.2, 0.25) is 0 Å². The van der Waals surface area contributed by atoms with E-state index in [2.05, 4.69) is 9.71 Å². The minimum Gasteiger partial charge on any atom is -0.336 e. The van der Waals surface area contributed by atoms with Crippen LogP contribution in [0.25, 0.3) is 0 Å². The summed E-state index contributed by atoms with van der Waals surface area (Å²) in [5.41, 5.74) is 6.86. The first-order valence-corrected chi connectivity index (χ1v) is 7.37. The molecular formula is C12H16N4O2S. The number of nitrogens with two attached hydrogens (primary N) is 1. The lowest BCUT2D eigenvalue weighted by Crippen LogP contribution is -2.13. The van der Waals surface area contributed by atoms with E-state index in [1.807, 2.05) is 13.0 Å². The fourth-order valence-electron chi connectivity index (χ4n) is 1.62. The third-order valence-corrected chi connectivity index (χ3v) is 3.93. The molecule has 0 saturated carbocycles. The second-order valence-corrected chi connectivity index (χ2v) is 5.68. The Morgan fingerprint density at radius 3 is 2.84 bits per heavy atom. The first-order valence-electron chi connectivity index (χ1n) is 5.88. The molecular weight excluding hydrogens is 264 g/mol. The molecule has 0 amide bonds. The molecule has 0 atom stereocenters. The monoisotopic (exact) mass is 280 g/mol. The molecule has 19 heavy (non-hydrogen) atoms. The third kappa shape index (κ3) is 3.12. The topological polar surface area (TPSA) is 90.0 Å². The minimum absolute atomic E-state index is 0.00695. The Labute approximate surface area is 112 Å². The molecule has 1 aromatic heterocycles. The van der Waals surface area contributed by atoms with Gasteiger partial charge in [-0.25, -0.2) is 4.98 Å². The van der Waals surface area contributed by atoms with Gasteiger partial charge >= 0.3 is 0 Å². The number of benzene rings is 1. The van der Waals surface area contributed by atoms with Crippen LogP contribution in [0.1, 0.15) is 12.5 Å². The first-order chi connectivity index (χ1) is 9.05. The molecule has 1 heterocycles. The van der Waals surface area contributed by atoms with Crippen molar-refractivity contribution in [2.24, 2.45) is 5.73 Å². The summed E-state index contributed by atoms with van der Waals surface area (Å²) in [6.45, 7) is 2.95. The first kappa shape index (κ1) is 13.6. The third-order valence-electron chi connectivity index (χ3n) is 2.66. The van der Waals surface area contributed by atoms with Gasteiger partial charge in [0.1, 0.15) is 0 Å². The van der Waals surface area contributed by atoms with Gasteiger partial charge < -0.3 is 10.3 Å². The molecule has 0 unspecified atom stereocenters. The smallest absolute Gasteiger partial charge is 0.280 e. The highest BCUT2D eigenvalue weighted by molar-refractivity contribution is 7.92.